The van der Waals surface area contributed by atoms with E-state index in [1.165, 1.54) is 0 Å². The number of likely N-dealkylation sites (tertiary alicyclic amines) is 2. The van der Waals surface area contributed by atoms with Gasteiger partial charge in [-0.05, 0) is 67.2 Å². The Balaban J connectivity index is 1.76. The second kappa shape index (κ2) is 9.75. The first-order chi connectivity index (χ1) is 13.9. The first kappa shape index (κ1) is 24.1. The zero-order chi connectivity index (χ0) is 22.5. The number of carbonyl (C=O) groups is 3. The van der Waals surface area contributed by atoms with Crippen LogP contribution in [0.3, 0.4) is 0 Å². The summed E-state index contributed by atoms with van der Waals surface area (Å²) >= 11 is 0. The molecular weight excluding hydrogens is 392 g/mol. The van der Waals surface area contributed by atoms with Crippen LogP contribution in [-0.2, 0) is 18.9 Å². The van der Waals surface area contributed by atoms with Crippen molar-refractivity contribution in [3.63, 3.8) is 0 Å². The summed E-state index contributed by atoms with van der Waals surface area (Å²) in [5.41, 5.74) is -1.16. The molecule has 0 aromatic carbocycles. The van der Waals surface area contributed by atoms with Gasteiger partial charge in [-0.3, -0.25) is 0 Å². The maximum absolute atomic E-state index is 12.3. The van der Waals surface area contributed by atoms with Gasteiger partial charge in [0, 0.05) is 13.1 Å². The van der Waals surface area contributed by atoms with E-state index in [4.69, 9.17) is 18.9 Å². The van der Waals surface area contributed by atoms with Crippen LogP contribution in [0.1, 0.15) is 67.2 Å². The topological polar surface area (TPSA) is 94.6 Å². The van der Waals surface area contributed by atoms with Crippen LogP contribution < -0.4 is 0 Å². The maximum Gasteiger partial charge on any atom is 0.508 e. The zero-order valence-electron chi connectivity index (χ0n) is 19.1. The number of hydrogen-bond acceptors (Lipinski definition) is 7. The van der Waals surface area contributed by atoms with E-state index in [1.807, 2.05) is 41.5 Å². The molecule has 0 radical (unpaired) electrons. The Kier molecular flexibility index (Phi) is 7.82. The van der Waals surface area contributed by atoms with Gasteiger partial charge in [0.15, 0.2) is 0 Å². The first-order valence-corrected chi connectivity index (χ1v) is 10.6. The van der Waals surface area contributed by atoms with Gasteiger partial charge < -0.3 is 28.7 Å². The summed E-state index contributed by atoms with van der Waals surface area (Å²) in [6.07, 6.45) is 1.53. The highest BCUT2D eigenvalue weighted by molar-refractivity contribution is 5.69. The monoisotopic (exact) mass is 428 g/mol. The smallest absolute Gasteiger partial charge is 0.444 e. The Hall–Kier alpha value is -2.19. The number of hydrogen-bond donors (Lipinski definition) is 0. The predicted molar refractivity (Wildman–Crippen MR) is 109 cm³/mol. The van der Waals surface area contributed by atoms with E-state index in [0.29, 0.717) is 13.1 Å². The number of nitrogens with zero attached hydrogens (tertiary/aromatic N) is 2. The quantitative estimate of drug-likeness (QED) is 0.494. The number of carbonyl (C=O) groups excluding carboxylic acids is 3. The van der Waals surface area contributed by atoms with E-state index in [-0.39, 0.29) is 25.3 Å². The Morgan fingerprint density at radius 1 is 0.733 bits per heavy atom. The fourth-order valence-electron chi connectivity index (χ4n) is 3.51. The third kappa shape index (κ3) is 7.57. The van der Waals surface area contributed by atoms with Gasteiger partial charge in [0.1, 0.15) is 24.4 Å². The molecule has 9 heteroatoms. The molecule has 2 fully saturated rings. The van der Waals surface area contributed by atoms with Gasteiger partial charge in [-0.25, -0.2) is 14.4 Å². The van der Waals surface area contributed by atoms with Gasteiger partial charge in [0.25, 0.3) is 0 Å². The molecule has 0 aromatic rings. The lowest BCUT2D eigenvalue weighted by molar-refractivity contribution is -0.00155. The largest absolute Gasteiger partial charge is 0.508 e. The molecule has 2 atom stereocenters. The van der Waals surface area contributed by atoms with Crippen LogP contribution >= 0.6 is 0 Å². The van der Waals surface area contributed by atoms with Crippen molar-refractivity contribution in [1.29, 1.82) is 0 Å². The van der Waals surface area contributed by atoms with Crippen molar-refractivity contribution in [3.8, 4) is 0 Å². The molecule has 2 saturated heterocycles. The van der Waals surface area contributed by atoms with Gasteiger partial charge in [-0.1, -0.05) is 0 Å². The third-order valence-corrected chi connectivity index (χ3v) is 4.80. The van der Waals surface area contributed by atoms with E-state index in [9.17, 15) is 14.4 Å². The van der Waals surface area contributed by atoms with Crippen LogP contribution in [0.4, 0.5) is 14.4 Å². The highest BCUT2D eigenvalue weighted by Crippen LogP contribution is 2.23. The summed E-state index contributed by atoms with van der Waals surface area (Å²) in [7, 11) is 0. The van der Waals surface area contributed by atoms with Crippen molar-refractivity contribution < 1.29 is 33.3 Å². The number of amides is 2. The van der Waals surface area contributed by atoms with E-state index in [1.54, 1.807) is 9.80 Å². The van der Waals surface area contributed by atoms with Crippen LogP contribution in [0, 0.1) is 0 Å². The zero-order valence-corrected chi connectivity index (χ0v) is 19.1. The molecule has 2 amide bonds. The second-order valence-electron chi connectivity index (χ2n) is 9.81. The lowest BCUT2D eigenvalue weighted by atomic mass is 10.2. The lowest BCUT2D eigenvalue weighted by Gasteiger charge is -2.29. The predicted octanol–water partition coefficient (Wildman–Crippen LogP) is 3.94. The summed E-state index contributed by atoms with van der Waals surface area (Å²) in [6.45, 7) is 12.1. The molecule has 2 aliphatic rings. The van der Waals surface area contributed by atoms with Crippen molar-refractivity contribution in [2.75, 3.05) is 26.3 Å². The Bertz CT molecular complexity index is 572. The van der Waals surface area contributed by atoms with Crippen molar-refractivity contribution in [3.05, 3.63) is 0 Å². The van der Waals surface area contributed by atoms with Gasteiger partial charge in [-0.2, -0.15) is 0 Å². The van der Waals surface area contributed by atoms with Gasteiger partial charge in [0.05, 0.1) is 12.1 Å². The first-order valence-electron chi connectivity index (χ1n) is 10.6. The van der Waals surface area contributed by atoms with Crippen LogP contribution in [-0.4, -0.2) is 77.7 Å². The van der Waals surface area contributed by atoms with Crippen LogP contribution in [0.5, 0.6) is 0 Å². The average molecular weight is 429 g/mol. The van der Waals surface area contributed by atoms with Gasteiger partial charge >= 0.3 is 18.3 Å². The van der Waals surface area contributed by atoms with Crippen molar-refractivity contribution in [2.24, 2.45) is 0 Å². The van der Waals surface area contributed by atoms with E-state index < -0.39 is 29.5 Å². The van der Waals surface area contributed by atoms with Crippen molar-refractivity contribution in [2.45, 2.75) is 90.5 Å². The molecule has 0 spiro atoms. The highest BCUT2D eigenvalue weighted by Gasteiger charge is 2.35. The minimum Gasteiger partial charge on any atom is -0.444 e. The minimum atomic E-state index is -0.804. The Morgan fingerprint density at radius 2 is 1.10 bits per heavy atom. The molecule has 0 N–H and O–H groups in total. The molecule has 172 valence electrons. The molecule has 2 heterocycles. The average Bonchev–Trinajstić information content (AvgIpc) is 3.24. The van der Waals surface area contributed by atoms with Gasteiger partial charge in [-0.15, -0.1) is 0 Å². The Labute approximate surface area is 178 Å². The summed E-state index contributed by atoms with van der Waals surface area (Å²) in [5.74, 6) is 0. The van der Waals surface area contributed by atoms with Crippen LogP contribution in [0.2, 0.25) is 0 Å². The summed E-state index contributed by atoms with van der Waals surface area (Å²) in [4.78, 5) is 39.8. The van der Waals surface area contributed by atoms with E-state index in [0.717, 1.165) is 25.7 Å². The third-order valence-electron chi connectivity index (χ3n) is 4.80. The summed E-state index contributed by atoms with van der Waals surface area (Å²) in [6, 6.07) is -0.450. The van der Waals surface area contributed by atoms with E-state index >= 15 is 0 Å². The van der Waals surface area contributed by atoms with Crippen molar-refractivity contribution in [1.82, 2.24) is 9.80 Å². The SMILES string of the molecule is CC(C)(C)OC(=O)N1CCCC1COC(=O)OCC1CCCN1C(=O)OC(C)(C)C. The summed E-state index contributed by atoms with van der Waals surface area (Å²) in [5, 5.41) is 0. The second-order valence-corrected chi connectivity index (χ2v) is 9.81. The minimum absolute atomic E-state index is 0.0541. The number of rotatable bonds is 4. The van der Waals surface area contributed by atoms with Crippen LogP contribution in [0.15, 0.2) is 0 Å². The van der Waals surface area contributed by atoms with Crippen molar-refractivity contribution >= 4 is 18.3 Å². The van der Waals surface area contributed by atoms with Crippen LogP contribution in [0.25, 0.3) is 0 Å². The highest BCUT2D eigenvalue weighted by atomic mass is 16.7. The molecule has 2 rings (SSSR count). The molecule has 0 saturated carbocycles. The molecule has 0 bridgehead atoms. The molecule has 2 unspecified atom stereocenters. The fourth-order valence-corrected chi connectivity index (χ4v) is 3.51. The molecule has 30 heavy (non-hydrogen) atoms. The van der Waals surface area contributed by atoms with E-state index in [2.05, 4.69) is 0 Å². The molecular formula is C21H36N2O7. The Morgan fingerprint density at radius 3 is 1.43 bits per heavy atom. The molecule has 0 aliphatic carbocycles. The number of ether oxygens (including phenoxy) is 4. The molecule has 0 aromatic heterocycles. The maximum atomic E-state index is 12.3. The fraction of sp³-hybridized carbons (Fsp3) is 0.857. The normalized spacial score (nSPS) is 22.1. The molecule has 2 aliphatic heterocycles. The van der Waals surface area contributed by atoms with Gasteiger partial charge in [0.2, 0.25) is 0 Å². The lowest BCUT2D eigenvalue weighted by Crippen LogP contribution is -2.43. The standard InChI is InChI=1S/C21H36N2O7/c1-20(2,3)29-17(24)22-11-7-9-15(22)13-27-19(26)28-14-16-10-8-12-23(16)18(25)30-21(4,5)6/h15-16H,7-14H2,1-6H3. The summed E-state index contributed by atoms with van der Waals surface area (Å²) < 4.78 is 21.3. The molecule has 9 nitrogen and oxygen atoms in total.